The van der Waals surface area contributed by atoms with Crippen LogP contribution in [-0.2, 0) is 11.3 Å². The van der Waals surface area contributed by atoms with Gasteiger partial charge in [-0.05, 0) is 12.1 Å². The molecule has 0 aliphatic carbocycles. The normalized spacial score (nSPS) is 15.0. The summed E-state index contributed by atoms with van der Waals surface area (Å²) in [5.41, 5.74) is 3.93. The van der Waals surface area contributed by atoms with Gasteiger partial charge in [0.05, 0.1) is 11.7 Å². The van der Waals surface area contributed by atoms with Crippen molar-refractivity contribution in [3.8, 4) is 0 Å². The van der Waals surface area contributed by atoms with E-state index in [2.05, 4.69) is 16.0 Å². The standard InChI is InChI=1S/C11H12N4O3/c16-10(17)3-6-15-5-2-9-8(7-13-14-18)1-4-12-11(9)15/h1-2,4-5,7,12H,3,6H2,(H,13,18)(H,16,17). The van der Waals surface area contributed by atoms with Crippen molar-refractivity contribution < 1.29 is 9.90 Å². The van der Waals surface area contributed by atoms with Gasteiger partial charge in [-0.1, -0.05) is 0 Å². The maximum absolute atomic E-state index is 10.6. The Balaban J connectivity index is 2.23. The fourth-order valence-corrected chi connectivity index (χ4v) is 1.79. The lowest BCUT2D eigenvalue weighted by molar-refractivity contribution is -0.137. The van der Waals surface area contributed by atoms with E-state index in [0.717, 1.165) is 17.0 Å². The maximum atomic E-state index is 10.6. The molecule has 1 aliphatic rings. The predicted octanol–water partition coefficient (Wildman–Crippen LogP) is 1.51. The van der Waals surface area contributed by atoms with Crippen LogP contribution in [0.15, 0.2) is 36.0 Å². The van der Waals surface area contributed by atoms with Crippen LogP contribution in [0.1, 0.15) is 12.0 Å². The van der Waals surface area contributed by atoms with Crippen LogP contribution in [0, 0.1) is 4.91 Å². The Morgan fingerprint density at radius 3 is 3.17 bits per heavy atom. The molecular formula is C11H12N4O3. The quantitative estimate of drug-likeness (QED) is 0.542. The van der Waals surface area contributed by atoms with E-state index in [1.54, 1.807) is 18.5 Å². The van der Waals surface area contributed by atoms with Crippen LogP contribution in [0.3, 0.4) is 0 Å². The van der Waals surface area contributed by atoms with Crippen molar-refractivity contribution in [1.29, 1.82) is 0 Å². The third kappa shape index (κ3) is 2.40. The van der Waals surface area contributed by atoms with Crippen molar-refractivity contribution >= 4 is 17.4 Å². The Kier molecular flexibility index (Phi) is 3.42. The Morgan fingerprint density at radius 2 is 2.44 bits per heavy atom. The number of carboxylic acids is 1. The van der Waals surface area contributed by atoms with E-state index in [1.807, 2.05) is 10.6 Å². The Morgan fingerprint density at radius 1 is 1.61 bits per heavy atom. The molecule has 2 rings (SSSR count). The molecule has 2 heterocycles. The molecule has 1 aliphatic heterocycles. The van der Waals surface area contributed by atoms with Crippen molar-refractivity contribution in [3.63, 3.8) is 0 Å². The van der Waals surface area contributed by atoms with Gasteiger partial charge in [-0.3, -0.25) is 4.79 Å². The lowest BCUT2D eigenvalue weighted by atomic mass is 10.1. The number of carbonyl (C=O) groups is 1. The van der Waals surface area contributed by atoms with Crippen molar-refractivity contribution in [2.75, 3.05) is 5.32 Å². The summed E-state index contributed by atoms with van der Waals surface area (Å²) in [6.45, 7) is 0.387. The van der Waals surface area contributed by atoms with Gasteiger partial charge in [-0.2, -0.15) is 0 Å². The van der Waals surface area contributed by atoms with E-state index in [9.17, 15) is 9.70 Å². The minimum Gasteiger partial charge on any atom is -0.481 e. The molecule has 1 aromatic rings. The van der Waals surface area contributed by atoms with Crippen LogP contribution < -0.4 is 10.7 Å². The second kappa shape index (κ2) is 5.17. The van der Waals surface area contributed by atoms with Crippen molar-refractivity contribution in [1.82, 2.24) is 9.99 Å². The number of allylic oxidation sites excluding steroid dienone is 2. The molecule has 18 heavy (non-hydrogen) atoms. The average Bonchev–Trinajstić information content (AvgIpc) is 2.77. The van der Waals surface area contributed by atoms with Gasteiger partial charge in [-0.25, -0.2) is 5.43 Å². The first-order chi connectivity index (χ1) is 8.72. The lowest BCUT2D eigenvalue weighted by Crippen LogP contribution is -2.09. The highest BCUT2D eigenvalue weighted by molar-refractivity contribution is 5.84. The van der Waals surface area contributed by atoms with Gasteiger partial charge in [0.25, 0.3) is 0 Å². The van der Waals surface area contributed by atoms with Crippen molar-refractivity contribution in [2.24, 2.45) is 5.29 Å². The van der Waals surface area contributed by atoms with Crippen LogP contribution in [0.25, 0.3) is 5.57 Å². The SMILES string of the molecule is O=NNC=C1C=CNc2c1ccn2CCC(=O)O. The summed E-state index contributed by atoms with van der Waals surface area (Å²) >= 11 is 0. The zero-order valence-corrected chi connectivity index (χ0v) is 9.46. The summed E-state index contributed by atoms with van der Waals surface area (Å²) in [5.74, 6) is -0.0379. The molecule has 7 nitrogen and oxygen atoms in total. The van der Waals surface area contributed by atoms with Crippen LogP contribution in [0.2, 0.25) is 0 Å². The number of hydrogen-bond acceptors (Lipinski definition) is 4. The molecule has 1 aromatic heterocycles. The number of nitroso groups, excluding NO2 is 1. The number of aromatic nitrogens is 1. The predicted molar refractivity (Wildman–Crippen MR) is 66.4 cm³/mol. The average molecular weight is 248 g/mol. The fourth-order valence-electron chi connectivity index (χ4n) is 1.79. The summed E-state index contributed by atoms with van der Waals surface area (Å²) in [4.78, 5) is 20.6. The molecule has 0 amide bonds. The monoisotopic (exact) mass is 248 g/mol. The molecule has 0 atom stereocenters. The molecule has 0 saturated carbocycles. The zero-order valence-electron chi connectivity index (χ0n) is 9.46. The van der Waals surface area contributed by atoms with Gasteiger partial charge >= 0.3 is 5.97 Å². The molecule has 0 fully saturated rings. The number of fused-ring (bicyclic) bond motifs is 1. The van der Waals surface area contributed by atoms with Gasteiger partial charge in [-0.15, -0.1) is 4.91 Å². The lowest BCUT2D eigenvalue weighted by Gasteiger charge is -2.14. The van der Waals surface area contributed by atoms with E-state index < -0.39 is 5.97 Å². The van der Waals surface area contributed by atoms with Crippen LogP contribution in [0.5, 0.6) is 0 Å². The van der Waals surface area contributed by atoms with E-state index in [-0.39, 0.29) is 6.42 Å². The molecule has 0 spiro atoms. The number of aliphatic carboxylic acids is 1. The molecular weight excluding hydrogens is 236 g/mol. The number of anilines is 1. The molecule has 0 aromatic carbocycles. The van der Waals surface area contributed by atoms with Crippen LogP contribution in [-0.4, -0.2) is 15.6 Å². The summed E-state index contributed by atoms with van der Waals surface area (Å²) in [6.07, 6.45) is 6.86. The highest BCUT2D eigenvalue weighted by Gasteiger charge is 2.14. The molecule has 7 heteroatoms. The molecule has 3 N–H and O–H groups in total. The number of rotatable bonds is 5. The maximum Gasteiger partial charge on any atom is 0.305 e. The van der Waals surface area contributed by atoms with E-state index in [1.165, 1.54) is 6.20 Å². The Bertz CT molecular complexity index is 530. The number of carboxylic acid groups (broad SMARTS) is 1. The second-order valence-electron chi connectivity index (χ2n) is 3.71. The zero-order chi connectivity index (χ0) is 13.0. The third-order valence-corrected chi connectivity index (χ3v) is 2.60. The first kappa shape index (κ1) is 11.9. The number of hydrogen-bond donors (Lipinski definition) is 3. The minimum atomic E-state index is -0.841. The van der Waals surface area contributed by atoms with Gasteiger partial charge in [0.1, 0.15) is 5.82 Å². The van der Waals surface area contributed by atoms with Gasteiger partial charge in [0.15, 0.2) is 0 Å². The van der Waals surface area contributed by atoms with Crippen LogP contribution in [0.4, 0.5) is 5.82 Å². The summed E-state index contributed by atoms with van der Waals surface area (Å²) < 4.78 is 1.81. The smallest absolute Gasteiger partial charge is 0.305 e. The van der Waals surface area contributed by atoms with E-state index in [0.29, 0.717) is 6.54 Å². The summed E-state index contributed by atoms with van der Waals surface area (Å²) in [7, 11) is 0. The molecule has 94 valence electrons. The first-order valence-electron chi connectivity index (χ1n) is 5.35. The van der Waals surface area contributed by atoms with E-state index in [4.69, 9.17) is 5.11 Å². The van der Waals surface area contributed by atoms with Gasteiger partial charge in [0.2, 0.25) is 0 Å². The topological polar surface area (TPSA) is 95.7 Å². The summed E-state index contributed by atoms with van der Waals surface area (Å²) in [5, 5.41) is 14.3. The molecule has 0 radical (unpaired) electrons. The molecule has 0 unspecified atom stereocenters. The number of nitrogens with zero attached hydrogens (tertiary/aromatic N) is 2. The number of nitrogens with one attached hydrogen (secondary N) is 2. The fraction of sp³-hybridized carbons (Fsp3) is 0.182. The van der Waals surface area contributed by atoms with Crippen LogP contribution >= 0.6 is 0 Å². The Labute approximate surface area is 103 Å². The molecule has 0 saturated heterocycles. The highest BCUT2D eigenvalue weighted by atomic mass is 16.4. The van der Waals surface area contributed by atoms with Gasteiger partial charge in [0, 0.05) is 36.3 Å². The number of aryl methyl sites for hydroxylation is 1. The van der Waals surface area contributed by atoms with Crippen molar-refractivity contribution in [3.05, 3.63) is 41.2 Å². The second-order valence-corrected chi connectivity index (χ2v) is 3.71. The highest BCUT2D eigenvalue weighted by Crippen LogP contribution is 2.29. The van der Waals surface area contributed by atoms with Crippen molar-refractivity contribution in [2.45, 2.75) is 13.0 Å². The molecule has 0 bridgehead atoms. The largest absolute Gasteiger partial charge is 0.481 e. The Hall–Kier alpha value is -2.57. The minimum absolute atomic E-state index is 0.0553. The first-order valence-corrected chi connectivity index (χ1v) is 5.35. The van der Waals surface area contributed by atoms with E-state index >= 15 is 0 Å². The van der Waals surface area contributed by atoms with Gasteiger partial charge < -0.3 is 15.0 Å². The third-order valence-electron chi connectivity index (χ3n) is 2.60. The summed E-state index contributed by atoms with van der Waals surface area (Å²) in [6, 6.07) is 1.85.